The number of nitrogens with zero attached hydrogens (tertiary/aromatic N) is 2. The number of hydrogen-bond acceptors (Lipinski definition) is 6. The highest BCUT2D eigenvalue weighted by molar-refractivity contribution is 7.92. The van der Waals surface area contributed by atoms with Crippen LogP contribution in [-0.4, -0.2) is 58.0 Å². The predicted octanol–water partition coefficient (Wildman–Crippen LogP) is 5.42. The predicted molar refractivity (Wildman–Crippen MR) is 167 cm³/mol. The number of benzene rings is 3. The number of carbonyl (C=O) groups is 2. The molecule has 0 aliphatic heterocycles. The van der Waals surface area contributed by atoms with Crippen molar-refractivity contribution in [3.63, 3.8) is 0 Å². The molecule has 1 fully saturated rings. The first-order valence-corrected chi connectivity index (χ1v) is 16.1. The van der Waals surface area contributed by atoms with Gasteiger partial charge >= 0.3 is 0 Å². The van der Waals surface area contributed by atoms with Gasteiger partial charge in [0.2, 0.25) is 11.8 Å². The molecule has 11 heteroatoms. The number of anilines is 1. The second kappa shape index (κ2) is 14.6. The monoisotopic (exact) mass is 627 g/mol. The van der Waals surface area contributed by atoms with Crippen molar-refractivity contribution < 1.29 is 27.5 Å². The fraction of sp³-hybridized carbons (Fsp3) is 0.375. The van der Waals surface area contributed by atoms with Gasteiger partial charge in [-0.3, -0.25) is 13.9 Å². The minimum atomic E-state index is -4.26. The van der Waals surface area contributed by atoms with Crippen LogP contribution >= 0.6 is 11.6 Å². The zero-order valence-electron chi connectivity index (χ0n) is 24.7. The molecule has 43 heavy (non-hydrogen) atoms. The maximum absolute atomic E-state index is 14.2. The summed E-state index contributed by atoms with van der Waals surface area (Å²) < 4.78 is 39.9. The Kier molecular flexibility index (Phi) is 10.9. The molecule has 2 amide bonds. The van der Waals surface area contributed by atoms with E-state index in [-0.39, 0.29) is 29.1 Å². The molecule has 4 rings (SSSR count). The van der Waals surface area contributed by atoms with Gasteiger partial charge < -0.3 is 19.7 Å². The van der Waals surface area contributed by atoms with Crippen LogP contribution in [0.5, 0.6) is 11.5 Å². The van der Waals surface area contributed by atoms with Crippen molar-refractivity contribution in [2.24, 2.45) is 0 Å². The average Bonchev–Trinajstić information content (AvgIpc) is 3.53. The highest BCUT2D eigenvalue weighted by atomic mass is 35.5. The second-order valence-electron chi connectivity index (χ2n) is 10.4. The van der Waals surface area contributed by atoms with Crippen LogP contribution < -0.4 is 19.1 Å². The minimum absolute atomic E-state index is 0.0697. The van der Waals surface area contributed by atoms with Gasteiger partial charge in [-0.2, -0.15) is 0 Å². The Morgan fingerprint density at radius 3 is 2.21 bits per heavy atom. The fourth-order valence-corrected chi connectivity index (χ4v) is 6.86. The Balaban J connectivity index is 1.71. The summed E-state index contributed by atoms with van der Waals surface area (Å²) in [4.78, 5) is 29.1. The van der Waals surface area contributed by atoms with Gasteiger partial charge in [-0.15, -0.1) is 0 Å². The number of halogens is 1. The van der Waals surface area contributed by atoms with Gasteiger partial charge in [-0.25, -0.2) is 8.42 Å². The molecule has 1 saturated carbocycles. The molecule has 1 N–H and O–H groups in total. The van der Waals surface area contributed by atoms with Gasteiger partial charge in [0.25, 0.3) is 10.0 Å². The zero-order valence-corrected chi connectivity index (χ0v) is 26.2. The SMILES string of the molecule is CC[C@H](C(=O)NC1CCCC1)N(Cc1ccc(Cl)cc1)C(=O)CN(c1ccccc1)S(=O)(=O)c1ccc(OC)c(OC)c1. The summed E-state index contributed by atoms with van der Waals surface area (Å²) in [5.74, 6) is -0.152. The molecule has 0 radical (unpaired) electrons. The standard InChI is InChI=1S/C32H38ClN3O6S/c1-4-28(32(38)34-25-10-8-9-11-25)35(21-23-14-16-24(33)17-15-23)31(37)22-36(26-12-6-5-7-13-26)43(39,40)27-18-19-29(41-2)30(20-27)42-3/h5-7,12-20,25,28H,4,8-11,21-22H2,1-3H3,(H,34,38)/t28-/m1/s1. The van der Waals surface area contributed by atoms with Crippen LogP contribution in [0.4, 0.5) is 5.69 Å². The van der Waals surface area contributed by atoms with E-state index in [0.29, 0.717) is 22.9 Å². The zero-order chi connectivity index (χ0) is 31.0. The molecule has 3 aromatic carbocycles. The van der Waals surface area contributed by atoms with E-state index in [1.54, 1.807) is 54.6 Å². The highest BCUT2D eigenvalue weighted by Crippen LogP contribution is 2.32. The van der Waals surface area contributed by atoms with E-state index in [2.05, 4.69) is 5.32 Å². The van der Waals surface area contributed by atoms with Crippen LogP contribution in [0.15, 0.2) is 77.7 Å². The van der Waals surface area contributed by atoms with E-state index in [0.717, 1.165) is 35.6 Å². The van der Waals surface area contributed by atoms with Crippen LogP contribution in [-0.2, 0) is 26.2 Å². The molecular weight excluding hydrogens is 590 g/mol. The topological polar surface area (TPSA) is 105 Å². The van der Waals surface area contributed by atoms with Gasteiger partial charge in [0.1, 0.15) is 12.6 Å². The van der Waals surface area contributed by atoms with Crippen LogP contribution in [0.25, 0.3) is 0 Å². The lowest BCUT2D eigenvalue weighted by Gasteiger charge is -2.33. The molecular formula is C32H38ClN3O6S. The summed E-state index contributed by atoms with van der Waals surface area (Å²) >= 11 is 6.10. The lowest BCUT2D eigenvalue weighted by molar-refractivity contribution is -0.140. The first-order chi connectivity index (χ1) is 20.7. The summed E-state index contributed by atoms with van der Waals surface area (Å²) in [6, 6.07) is 19.0. The smallest absolute Gasteiger partial charge is 0.264 e. The number of hydrogen-bond donors (Lipinski definition) is 1. The number of amides is 2. The van der Waals surface area contributed by atoms with Crippen LogP contribution in [0.2, 0.25) is 5.02 Å². The molecule has 0 saturated heterocycles. The number of carbonyl (C=O) groups excluding carboxylic acids is 2. The largest absolute Gasteiger partial charge is 0.493 e. The maximum Gasteiger partial charge on any atom is 0.264 e. The molecule has 230 valence electrons. The average molecular weight is 628 g/mol. The molecule has 0 aromatic heterocycles. The molecule has 9 nitrogen and oxygen atoms in total. The van der Waals surface area contributed by atoms with Gasteiger partial charge in [-0.1, -0.05) is 61.7 Å². The highest BCUT2D eigenvalue weighted by Gasteiger charge is 2.35. The first-order valence-electron chi connectivity index (χ1n) is 14.3. The van der Waals surface area contributed by atoms with Gasteiger partial charge in [-0.05, 0) is 61.2 Å². The lowest BCUT2D eigenvalue weighted by Crippen LogP contribution is -2.53. The summed E-state index contributed by atoms with van der Waals surface area (Å²) in [7, 11) is -1.38. The van der Waals surface area contributed by atoms with Crippen LogP contribution in [0.3, 0.4) is 0 Å². The molecule has 1 aliphatic carbocycles. The Morgan fingerprint density at radius 2 is 1.60 bits per heavy atom. The Labute approximate surface area is 258 Å². The summed E-state index contributed by atoms with van der Waals surface area (Å²) in [5, 5.41) is 3.66. The van der Waals surface area contributed by atoms with E-state index in [1.807, 2.05) is 6.92 Å². The Bertz CT molecular complexity index is 1500. The Morgan fingerprint density at radius 1 is 0.953 bits per heavy atom. The van der Waals surface area contributed by atoms with Crippen molar-refractivity contribution in [1.29, 1.82) is 0 Å². The molecule has 1 atom stereocenters. The Hall–Kier alpha value is -3.76. The molecule has 0 spiro atoms. The van der Waals surface area contributed by atoms with Gasteiger partial charge in [0.05, 0.1) is 24.8 Å². The van der Waals surface area contributed by atoms with Gasteiger partial charge in [0.15, 0.2) is 11.5 Å². The number of nitrogens with one attached hydrogen (secondary N) is 1. The van der Waals surface area contributed by atoms with E-state index < -0.39 is 28.5 Å². The van der Waals surface area contributed by atoms with Crippen molar-refractivity contribution in [2.45, 2.75) is 62.6 Å². The van der Waals surface area contributed by atoms with Crippen molar-refractivity contribution in [2.75, 3.05) is 25.1 Å². The van der Waals surface area contributed by atoms with E-state index >= 15 is 0 Å². The van der Waals surface area contributed by atoms with Crippen LogP contribution in [0.1, 0.15) is 44.6 Å². The third-order valence-corrected chi connectivity index (χ3v) is 9.64. The quantitative estimate of drug-likeness (QED) is 0.271. The summed E-state index contributed by atoms with van der Waals surface area (Å²) in [6.45, 7) is 1.42. The van der Waals surface area contributed by atoms with Crippen molar-refractivity contribution in [3.05, 3.63) is 83.4 Å². The van der Waals surface area contributed by atoms with Crippen LogP contribution in [0, 0.1) is 0 Å². The minimum Gasteiger partial charge on any atom is -0.493 e. The first kappa shape index (κ1) is 32.2. The third kappa shape index (κ3) is 7.80. The molecule has 0 heterocycles. The number of para-hydroxylation sites is 1. The fourth-order valence-electron chi connectivity index (χ4n) is 5.30. The maximum atomic E-state index is 14.2. The van der Waals surface area contributed by atoms with E-state index in [1.165, 1.54) is 37.3 Å². The molecule has 3 aromatic rings. The molecule has 1 aliphatic rings. The van der Waals surface area contributed by atoms with Crippen molar-refractivity contribution in [1.82, 2.24) is 10.2 Å². The number of ether oxygens (including phenoxy) is 2. The third-order valence-electron chi connectivity index (χ3n) is 7.62. The lowest BCUT2D eigenvalue weighted by atomic mass is 10.1. The summed E-state index contributed by atoms with van der Waals surface area (Å²) in [5.41, 5.74) is 1.07. The van der Waals surface area contributed by atoms with Crippen molar-refractivity contribution >= 4 is 39.1 Å². The molecule has 0 unspecified atom stereocenters. The number of rotatable bonds is 13. The molecule has 0 bridgehead atoms. The summed E-state index contributed by atoms with van der Waals surface area (Å²) in [6.07, 6.45) is 4.26. The van der Waals surface area contributed by atoms with E-state index in [4.69, 9.17) is 21.1 Å². The van der Waals surface area contributed by atoms with Crippen molar-refractivity contribution in [3.8, 4) is 11.5 Å². The number of sulfonamides is 1. The van der Waals surface area contributed by atoms with E-state index in [9.17, 15) is 18.0 Å². The second-order valence-corrected chi connectivity index (χ2v) is 12.7. The number of methoxy groups -OCH3 is 2. The normalized spacial score (nSPS) is 14.1. The van der Waals surface area contributed by atoms with Gasteiger partial charge in [0, 0.05) is 23.7 Å².